The molecule has 15 heteroatoms. The summed E-state index contributed by atoms with van der Waals surface area (Å²) in [6.45, 7) is 3.61. The molecular formula is C26H29NO14. The van der Waals surface area contributed by atoms with Gasteiger partial charge in [0.15, 0.2) is 18.3 Å². The van der Waals surface area contributed by atoms with Crippen molar-refractivity contribution in [3.8, 4) is 0 Å². The molecule has 2 fully saturated rings. The van der Waals surface area contributed by atoms with Crippen molar-refractivity contribution >= 4 is 41.8 Å². The Morgan fingerprint density at radius 3 is 1.93 bits per heavy atom. The molecule has 0 radical (unpaired) electrons. The van der Waals surface area contributed by atoms with Gasteiger partial charge in [-0.05, 0) is 11.1 Å². The van der Waals surface area contributed by atoms with Crippen molar-refractivity contribution in [3.63, 3.8) is 0 Å². The Morgan fingerprint density at radius 1 is 0.780 bits per heavy atom. The number of amides is 2. The molecule has 0 bridgehead atoms. The number of carbonyl (C=O) groups excluding carboxylic acids is 7. The highest BCUT2D eigenvalue weighted by atomic mass is 16.8. The lowest BCUT2D eigenvalue weighted by Crippen LogP contribution is -2.59. The van der Waals surface area contributed by atoms with Crippen molar-refractivity contribution < 1.29 is 66.8 Å². The van der Waals surface area contributed by atoms with Crippen LogP contribution in [-0.4, -0.2) is 77.9 Å². The Kier molecular flexibility index (Phi) is 10.4. The molecule has 0 aromatic heterocycles. The fourth-order valence-corrected chi connectivity index (χ4v) is 4.32. The van der Waals surface area contributed by atoms with Gasteiger partial charge in [0, 0.05) is 40.5 Å². The van der Waals surface area contributed by atoms with Crippen molar-refractivity contribution in [3.05, 3.63) is 35.4 Å². The smallest absolute Gasteiger partial charge is 0.463 e. The number of imide groups is 1. The Morgan fingerprint density at radius 2 is 1.34 bits per heavy atom. The molecule has 41 heavy (non-hydrogen) atoms. The number of rotatable bonds is 9. The van der Waals surface area contributed by atoms with E-state index in [4.69, 9.17) is 33.3 Å². The average molecular weight is 580 g/mol. The Labute approximate surface area is 233 Å². The molecule has 5 atom stereocenters. The first-order valence-electron chi connectivity index (χ1n) is 12.5. The fraction of sp³-hybridized carbons (Fsp3) is 0.500. The summed E-state index contributed by atoms with van der Waals surface area (Å²) in [5.74, 6) is -4.39. The summed E-state index contributed by atoms with van der Waals surface area (Å²) in [5.41, 5.74) is 0.607. The van der Waals surface area contributed by atoms with Gasteiger partial charge in [0.2, 0.25) is 0 Å². The monoisotopic (exact) mass is 579 g/mol. The second-order valence-corrected chi connectivity index (χ2v) is 9.03. The summed E-state index contributed by atoms with van der Waals surface area (Å²) in [6, 6.07) is 6.31. The second-order valence-electron chi connectivity index (χ2n) is 9.03. The van der Waals surface area contributed by atoms with E-state index in [1.165, 1.54) is 0 Å². The van der Waals surface area contributed by atoms with Crippen LogP contribution >= 0.6 is 0 Å². The Balaban J connectivity index is 1.95. The SMILES string of the molecule is CC(=O)OC[C@H]1O[C@@H](c2ccccc2COC(=O)ON2C(=O)CCC2=O)[C@H](OC(C)=O)[C@@H](OC(C)=O)[C@H]1OC(C)=O. The standard InChI is InChI=1S/C26H29NO14/c1-13(28)35-12-19-23(37-14(2)29)25(39-16(4)31)24(38-15(3)30)22(40-19)18-8-6-5-7-17(18)11-36-26(34)41-27-20(32)9-10-21(27)33/h5-8,19,22-25H,9-12H2,1-4H3/t19-,22+,23+,24+,25+/m1/s1. The van der Waals surface area contributed by atoms with Gasteiger partial charge in [0.1, 0.15) is 25.4 Å². The number of hydrogen-bond donors (Lipinski definition) is 0. The third-order valence-corrected chi connectivity index (χ3v) is 5.87. The predicted octanol–water partition coefficient (Wildman–Crippen LogP) is 1.20. The van der Waals surface area contributed by atoms with Crippen molar-refractivity contribution in [2.75, 3.05) is 6.61 Å². The van der Waals surface area contributed by atoms with Crippen molar-refractivity contribution in [2.24, 2.45) is 0 Å². The van der Waals surface area contributed by atoms with Crippen molar-refractivity contribution in [1.82, 2.24) is 5.06 Å². The van der Waals surface area contributed by atoms with Crippen LogP contribution in [0.2, 0.25) is 0 Å². The van der Waals surface area contributed by atoms with Gasteiger partial charge in [-0.25, -0.2) is 4.79 Å². The van der Waals surface area contributed by atoms with Crippen LogP contribution in [-0.2, 0) is 68.6 Å². The predicted molar refractivity (Wildman–Crippen MR) is 130 cm³/mol. The third-order valence-electron chi connectivity index (χ3n) is 5.87. The van der Waals surface area contributed by atoms with E-state index < -0.39 is 85.6 Å². The molecule has 0 aliphatic carbocycles. The van der Waals surface area contributed by atoms with Gasteiger partial charge in [-0.3, -0.25) is 33.6 Å². The molecule has 2 aliphatic heterocycles. The minimum Gasteiger partial charge on any atom is -0.463 e. The van der Waals surface area contributed by atoms with Crippen LogP contribution in [0.25, 0.3) is 0 Å². The summed E-state index contributed by atoms with van der Waals surface area (Å²) in [5, 5.41) is 0.327. The number of nitrogens with zero attached hydrogens (tertiary/aromatic N) is 1. The van der Waals surface area contributed by atoms with Gasteiger partial charge in [0.05, 0.1) is 0 Å². The largest absolute Gasteiger partial charge is 0.534 e. The Bertz CT molecular complexity index is 1200. The molecule has 222 valence electrons. The first kappa shape index (κ1) is 31.0. The van der Waals surface area contributed by atoms with E-state index in [0.29, 0.717) is 16.2 Å². The zero-order valence-corrected chi connectivity index (χ0v) is 22.7. The minimum atomic E-state index is -1.40. The van der Waals surface area contributed by atoms with E-state index in [2.05, 4.69) is 0 Å². The molecular weight excluding hydrogens is 550 g/mol. The zero-order chi connectivity index (χ0) is 30.3. The summed E-state index contributed by atoms with van der Waals surface area (Å²) < 4.78 is 32.7. The van der Waals surface area contributed by atoms with E-state index in [1.807, 2.05) is 0 Å². The highest BCUT2D eigenvalue weighted by molar-refractivity contribution is 6.01. The van der Waals surface area contributed by atoms with Gasteiger partial charge < -0.3 is 28.4 Å². The maximum Gasteiger partial charge on any atom is 0.534 e. The molecule has 2 aliphatic rings. The van der Waals surface area contributed by atoms with Crippen LogP contribution in [0.3, 0.4) is 0 Å². The maximum absolute atomic E-state index is 12.2. The molecule has 2 heterocycles. The molecule has 0 spiro atoms. The number of benzene rings is 1. The minimum absolute atomic E-state index is 0.0994. The normalized spacial score (nSPS) is 23.8. The van der Waals surface area contributed by atoms with Gasteiger partial charge in [-0.1, -0.05) is 29.3 Å². The number of hydroxylamine groups is 2. The summed E-state index contributed by atoms with van der Waals surface area (Å²) in [7, 11) is 0. The summed E-state index contributed by atoms with van der Waals surface area (Å²) in [4.78, 5) is 88.1. The summed E-state index contributed by atoms with van der Waals surface area (Å²) >= 11 is 0. The highest BCUT2D eigenvalue weighted by Crippen LogP contribution is 2.39. The van der Waals surface area contributed by atoms with Gasteiger partial charge in [0.25, 0.3) is 11.8 Å². The van der Waals surface area contributed by atoms with E-state index in [9.17, 15) is 33.6 Å². The van der Waals surface area contributed by atoms with Gasteiger partial charge in [-0.2, -0.15) is 0 Å². The molecule has 1 aromatic carbocycles. The second kappa shape index (κ2) is 13.7. The van der Waals surface area contributed by atoms with Crippen LogP contribution < -0.4 is 0 Å². The number of ether oxygens (including phenoxy) is 6. The highest BCUT2D eigenvalue weighted by Gasteiger charge is 2.53. The average Bonchev–Trinajstić information content (AvgIpc) is 3.20. The first-order valence-corrected chi connectivity index (χ1v) is 12.5. The number of esters is 4. The number of carbonyl (C=O) groups is 7. The van der Waals surface area contributed by atoms with E-state index in [0.717, 1.165) is 27.7 Å². The number of hydrogen-bond acceptors (Lipinski definition) is 14. The first-order chi connectivity index (χ1) is 19.4. The van der Waals surface area contributed by atoms with E-state index >= 15 is 0 Å². The van der Waals surface area contributed by atoms with Crippen LogP contribution in [0.1, 0.15) is 57.8 Å². The third kappa shape index (κ3) is 8.23. The lowest BCUT2D eigenvalue weighted by Gasteiger charge is -2.45. The van der Waals surface area contributed by atoms with Crippen LogP contribution in [0.4, 0.5) is 4.79 Å². The fourth-order valence-electron chi connectivity index (χ4n) is 4.32. The Hall–Kier alpha value is -4.53. The van der Waals surface area contributed by atoms with E-state index in [1.54, 1.807) is 24.3 Å². The van der Waals surface area contributed by atoms with Gasteiger partial charge >= 0.3 is 30.0 Å². The van der Waals surface area contributed by atoms with Crippen molar-refractivity contribution in [2.45, 2.75) is 77.7 Å². The lowest BCUT2D eigenvalue weighted by atomic mass is 9.88. The molecule has 1 aromatic rings. The molecule has 0 unspecified atom stereocenters. The zero-order valence-electron chi connectivity index (χ0n) is 22.7. The topological polar surface area (TPSA) is 187 Å². The molecule has 2 saturated heterocycles. The lowest BCUT2D eigenvalue weighted by molar-refractivity contribution is -0.254. The van der Waals surface area contributed by atoms with Gasteiger partial charge in [-0.15, -0.1) is 0 Å². The van der Waals surface area contributed by atoms with E-state index in [-0.39, 0.29) is 12.8 Å². The molecule has 0 saturated carbocycles. The van der Waals surface area contributed by atoms with Crippen LogP contribution in [0.5, 0.6) is 0 Å². The van der Waals surface area contributed by atoms with Crippen LogP contribution in [0.15, 0.2) is 24.3 Å². The van der Waals surface area contributed by atoms with Crippen molar-refractivity contribution in [1.29, 1.82) is 0 Å². The molecule has 15 nitrogen and oxygen atoms in total. The quantitative estimate of drug-likeness (QED) is 0.231. The molecule has 3 rings (SSSR count). The summed E-state index contributed by atoms with van der Waals surface area (Å²) in [6.07, 6.45) is -8.04. The molecule has 2 amide bonds. The van der Waals surface area contributed by atoms with Crippen LogP contribution in [0, 0.1) is 0 Å². The molecule has 0 N–H and O–H groups in total. The maximum atomic E-state index is 12.2.